The van der Waals surface area contributed by atoms with Crippen LogP contribution in [0.2, 0.25) is 10.0 Å². The fraction of sp³-hybridized carbons (Fsp3) is 0.192. The van der Waals surface area contributed by atoms with E-state index in [4.69, 9.17) is 44.3 Å². The Hall–Kier alpha value is -3.06. The van der Waals surface area contributed by atoms with E-state index in [-0.39, 0.29) is 36.8 Å². The van der Waals surface area contributed by atoms with Crippen LogP contribution >= 0.6 is 34.8 Å². The maximum atomic E-state index is 12.6. The van der Waals surface area contributed by atoms with Crippen molar-refractivity contribution in [3.63, 3.8) is 0 Å². The number of hydrogen-bond acceptors (Lipinski definition) is 5. The average molecular weight is 535 g/mol. The predicted molar refractivity (Wildman–Crippen MR) is 137 cm³/mol. The molecule has 0 fully saturated rings. The minimum Gasteiger partial charge on any atom is -0.456 e. The predicted octanol–water partition coefficient (Wildman–Crippen LogP) is 6.93. The van der Waals surface area contributed by atoms with Gasteiger partial charge in [0.25, 0.3) is 0 Å². The Labute approximate surface area is 218 Å². The van der Waals surface area contributed by atoms with Gasteiger partial charge in [-0.25, -0.2) is 0 Å². The van der Waals surface area contributed by atoms with Crippen LogP contribution in [0.4, 0.5) is 5.69 Å². The Morgan fingerprint density at radius 3 is 2.20 bits per heavy atom. The van der Waals surface area contributed by atoms with Gasteiger partial charge >= 0.3 is 5.97 Å². The maximum absolute atomic E-state index is 12.6. The van der Waals surface area contributed by atoms with Gasteiger partial charge in [0.15, 0.2) is 6.10 Å². The molecule has 0 aliphatic heterocycles. The first kappa shape index (κ1) is 26.5. The maximum Gasteiger partial charge on any atom is 0.307 e. The standard InChI is InChI=1S/C26H22Cl3NO5/c27-16-15-23(26(33)17-5-7-18(28)8-6-17)35-25(32)14-13-24(31)30-19-9-11-20(12-10-19)34-22-4-2-1-3-21(22)29/h1-12,23H,13-16H2,(H,30,31). The fourth-order valence-electron chi connectivity index (χ4n) is 3.06. The molecule has 1 N–H and O–H groups in total. The summed E-state index contributed by atoms with van der Waals surface area (Å²) < 4.78 is 11.0. The molecule has 0 aliphatic rings. The van der Waals surface area contributed by atoms with Crippen molar-refractivity contribution in [2.24, 2.45) is 0 Å². The quantitative estimate of drug-likeness (QED) is 0.164. The number of ketones is 1. The highest BCUT2D eigenvalue weighted by Gasteiger charge is 2.24. The van der Waals surface area contributed by atoms with E-state index >= 15 is 0 Å². The minimum atomic E-state index is -1.03. The number of Topliss-reactive ketones (excluding diaryl/α,β-unsaturated/α-hetero) is 1. The van der Waals surface area contributed by atoms with Crippen LogP contribution in [0, 0.1) is 0 Å². The van der Waals surface area contributed by atoms with Crippen molar-refractivity contribution in [3.05, 3.63) is 88.4 Å². The van der Waals surface area contributed by atoms with Crippen molar-refractivity contribution < 1.29 is 23.9 Å². The second-order valence-corrected chi connectivity index (χ2v) is 8.65. The lowest BCUT2D eigenvalue weighted by atomic mass is 10.0. The molecule has 3 aromatic carbocycles. The van der Waals surface area contributed by atoms with Crippen LogP contribution in [0.3, 0.4) is 0 Å². The van der Waals surface area contributed by atoms with E-state index in [0.29, 0.717) is 32.8 Å². The first-order valence-corrected chi connectivity index (χ1v) is 12.0. The van der Waals surface area contributed by atoms with Crippen LogP contribution in [0.5, 0.6) is 11.5 Å². The van der Waals surface area contributed by atoms with E-state index in [1.54, 1.807) is 66.7 Å². The van der Waals surface area contributed by atoms with E-state index in [9.17, 15) is 14.4 Å². The third kappa shape index (κ3) is 8.28. The van der Waals surface area contributed by atoms with E-state index < -0.39 is 12.1 Å². The van der Waals surface area contributed by atoms with Crippen LogP contribution in [0.1, 0.15) is 29.6 Å². The summed E-state index contributed by atoms with van der Waals surface area (Å²) in [7, 11) is 0. The summed E-state index contributed by atoms with van der Waals surface area (Å²) >= 11 is 17.7. The minimum absolute atomic E-state index is 0.112. The van der Waals surface area contributed by atoms with E-state index in [1.165, 1.54) is 0 Å². The molecule has 3 rings (SSSR count). The van der Waals surface area contributed by atoms with Gasteiger partial charge in [-0.2, -0.15) is 0 Å². The zero-order chi connectivity index (χ0) is 25.2. The SMILES string of the molecule is O=C(CCC(=O)OC(CCCl)C(=O)c1ccc(Cl)cc1)Nc1ccc(Oc2ccccc2Cl)cc1. The monoisotopic (exact) mass is 533 g/mol. The summed E-state index contributed by atoms with van der Waals surface area (Å²) in [5, 5.41) is 3.68. The van der Waals surface area contributed by atoms with Gasteiger partial charge in [0.2, 0.25) is 11.7 Å². The number of alkyl halides is 1. The summed E-state index contributed by atoms with van der Waals surface area (Å²) in [6.07, 6.45) is -1.18. The number of hydrogen-bond donors (Lipinski definition) is 1. The smallest absolute Gasteiger partial charge is 0.307 e. The van der Waals surface area contributed by atoms with Crippen LogP contribution in [0.15, 0.2) is 72.8 Å². The average Bonchev–Trinajstić information content (AvgIpc) is 2.85. The highest BCUT2D eigenvalue weighted by molar-refractivity contribution is 6.32. The number of anilines is 1. The Morgan fingerprint density at radius 2 is 1.54 bits per heavy atom. The van der Waals surface area contributed by atoms with Crippen molar-refractivity contribution in [2.75, 3.05) is 11.2 Å². The molecule has 0 spiro atoms. The summed E-state index contributed by atoms with van der Waals surface area (Å²) in [4.78, 5) is 37.2. The molecule has 1 unspecified atom stereocenters. The van der Waals surface area contributed by atoms with Gasteiger partial charge in [-0.05, 0) is 60.7 Å². The number of rotatable bonds is 11. The highest BCUT2D eigenvalue weighted by Crippen LogP contribution is 2.29. The molecule has 1 amide bonds. The molecule has 0 bridgehead atoms. The zero-order valence-corrected chi connectivity index (χ0v) is 20.8. The van der Waals surface area contributed by atoms with Crippen LogP contribution in [-0.2, 0) is 14.3 Å². The van der Waals surface area contributed by atoms with Crippen LogP contribution < -0.4 is 10.1 Å². The largest absolute Gasteiger partial charge is 0.456 e. The van der Waals surface area contributed by atoms with Crippen molar-refractivity contribution in [1.29, 1.82) is 0 Å². The van der Waals surface area contributed by atoms with Gasteiger partial charge in [0.1, 0.15) is 11.5 Å². The Bertz CT molecular complexity index is 1170. The Morgan fingerprint density at radius 1 is 0.857 bits per heavy atom. The third-order valence-corrected chi connectivity index (χ3v) is 5.61. The molecule has 9 heteroatoms. The van der Waals surface area contributed by atoms with Gasteiger partial charge in [0, 0.05) is 35.0 Å². The highest BCUT2D eigenvalue weighted by atomic mass is 35.5. The van der Waals surface area contributed by atoms with Crippen molar-refractivity contribution in [3.8, 4) is 11.5 Å². The van der Waals surface area contributed by atoms with Crippen LogP contribution in [-0.4, -0.2) is 29.6 Å². The number of amides is 1. The lowest BCUT2D eigenvalue weighted by molar-refractivity contribution is -0.148. The van der Waals surface area contributed by atoms with Gasteiger partial charge in [0.05, 0.1) is 11.4 Å². The third-order valence-electron chi connectivity index (χ3n) is 4.82. The molecule has 3 aromatic rings. The van der Waals surface area contributed by atoms with Crippen molar-refractivity contribution in [1.82, 2.24) is 0 Å². The molecule has 0 saturated heterocycles. The van der Waals surface area contributed by atoms with Gasteiger partial charge in [-0.1, -0.05) is 35.3 Å². The van der Waals surface area contributed by atoms with Gasteiger partial charge < -0.3 is 14.8 Å². The molecule has 6 nitrogen and oxygen atoms in total. The van der Waals surface area contributed by atoms with E-state index in [1.807, 2.05) is 6.07 Å². The zero-order valence-electron chi connectivity index (χ0n) is 18.5. The second-order valence-electron chi connectivity index (χ2n) is 7.43. The van der Waals surface area contributed by atoms with E-state index in [2.05, 4.69) is 5.32 Å². The molecular weight excluding hydrogens is 513 g/mol. The van der Waals surface area contributed by atoms with Gasteiger partial charge in [-0.15, -0.1) is 11.6 Å². The Balaban J connectivity index is 1.48. The normalized spacial score (nSPS) is 11.4. The van der Waals surface area contributed by atoms with E-state index in [0.717, 1.165) is 0 Å². The Kier molecular flexibility index (Phi) is 9.97. The van der Waals surface area contributed by atoms with Crippen LogP contribution in [0.25, 0.3) is 0 Å². The van der Waals surface area contributed by atoms with Gasteiger partial charge in [-0.3, -0.25) is 14.4 Å². The number of para-hydroxylation sites is 1. The number of ether oxygens (including phenoxy) is 2. The molecule has 0 saturated carbocycles. The number of halogens is 3. The summed E-state index contributed by atoms with van der Waals surface area (Å²) in [5.41, 5.74) is 0.893. The number of esters is 1. The molecule has 1 atom stereocenters. The number of carbonyl (C=O) groups is 3. The lowest BCUT2D eigenvalue weighted by Crippen LogP contribution is -2.28. The summed E-state index contributed by atoms with van der Waals surface area (Å²) in [5.74, 6) is -0.213. The molecule has 0 radical (unpaired) electrons. The van der Waals surface area contributed by atoms with Crippen molar-refractivity contribution in [2.45, 2.75) is 25.4 Å². The molecule has 0 heterocycles. The first-order valence-electron chi connectivity index (χ1n) is 10.7. The number of nitrogens with one attached hydrogen (secondary N) is 1. The summed E-state index contributed by atoms with van der Waals surface area (Å²) in [6.45, 7) is 0. The summed E-state index contributed by atoms with van der Waals surface area (Å²) in [6, 6.07) is 20.1. The number of benzene rings is 3. The molecule has 182 valence electrons. The molecular formula is C26H22Cl3NO5. The fourth-order valence-corrected chi connectivity index (χ4v) is 3.56. The molecule has 35 heavy (non-hydrogen) atoms. The first-order chi connectivity index (χ1) is 16.9. The second kappa shape index (κ2) is 13.1. The topological polar surface area (TPSA) is 81.7 Å². The number of carbonyl (C=O) groups excluding carboxylic acids is 3. The lowest BCUT2D eigenvalue weighted by Gasteiger charge is -2.16. The molecule has 0 aliphatic carbocycles. The van der Waals surface area contributed by atoms with Crippen molar-refractivity contribution >= 4 is 58.1 Å². The molecule has 0 aromatic heterocycles.